The highest BCUT2D eigenvalue weighted by Gasteiger charge is 2.07. The quantitative estimate of drug-likeness (QED) is 0.813. The van der Waals surface area contributed by atoms with Crippen LogP contribution in [0.15, 0.2) is 24.3 Å². The number of fused-ring (bicyclic) bond motifs is 1. The first-order valence-corrected chi connectivity index (χ1v) is 6.44. The number of hydrogen-bond acceptors (Lipinski definition) is 3. The molecule has 0 saturated heterocycles. The van der Waals surface area contributed by atoms with E-state index in [4.69, 9.17) is 4.74 Å². The first-order valence-electron chi connectivity index (χ1n) is 6.44. The van der Waals surface area contributed by atoms with Crippen LogP contribution >= 0.6 is 0 Å². The topological polar surface area (TPSA) is 34.2 Å². The third kappa shape index (κ3) is 2.55. The molecule has 1 N–H and O–H groups in total. The van der Waals surface area contributed by atoms with Crippen molar-refractivity contribution in [1.82, 2.24) is 4.98 Å². The maximum atomic E-state index is 5.37. The number of nitrogens with one attached hydrogen (secondary N) is 1. The summed E-state index contributed by atoms with van der Waals surface area (Å²) in [6, 6.07) is 8.13. The van der Waals surface area contributed by atoms with Gasteiger partial charge < -0.3 is 10.1 Å². The average Bonchev–Trinajstić information content (AvgIpc) is 2.38. The van der Waals surface area contributed by atoms with E-state index in [0.29, 0.717) is 0 Å². The molecular formula is C15H20N2O. The molecule has 0 aliphatic carbocycles. The Hall–Kier alpha value is -1.77. The standard InChI is InChI=1S/C15H20N2O/c1-4-5-9-16-13-10-11(2)17-15-12(13)7-6-8-14(15)18-3/h6-8,10H,4-5,9H2,1-3H3,(H,16,17). The molecule has 3 heteroatoms. The van der Waals surface area contributed by atoms with Gasteiger partial charge in [-0.3, -0.25) is 0 Å². The fraction of sp³-hybridized carbons (Fsp3) is 0.400. The number of pyridine rings is 1. The van der Waals surface area contributed by atoms with Crippen LogP contribution in [0, 0.1) is 6.92 Å². The molecule has 0 saturated carbocycles. The van der Waals surface area contributed by atoms with E-state index in [0.717, 1.165) is 34.6 Å². The molecule has 0 atom stereocenters. The Balaban J connectivity index is 2.45. The number of benzene rings is 1. The lowest BCUT2D eigenvalue weighted by molar-refractivity contribution is 0.419. The van der Waals surface area contributed by atoms with Gasteiger partial charge in [-0.15, -0.1) is 0 Å². The largest absolute Gasteiger partial charge is 0.494 e. The van der Waals surface area contributed by atoms with E-state index < -0.39 is 0 Å². The Kier molecular flexibility index (Phi) is 4.03. The zero-order valence-corrected chi connectivity index (χ0v) is 11.3. The summed E-state index contributed by atoms with van der Waals surface area (Å²) in [4.78, 5) is 4.57. The van der Waals surface area contributed by atoms with E-state index in [1.807, 2.05) is 19.1 Å². The van der Waals surface area contributed by atoms with Gasteiger partial charge in [-0.2, -0.15) is 0 Å². The third-order valence-corrected chi connectivity index (χ3v) is 3.00. The summed E-state index contributed by atoms with van der Waals surface area (Å²) in [6.45, 7) is 5.20. The summed E-state index contributed by atoms with van der Waals surface area (Å²) in [5, 5.41) is 4.61. The van der Waals surface area contributed by atoms with Crippen molar-refractivity contribution in [3.05, 3.63) is 30.0 Å². The maximum Gasteiger partial charge on any atom is 0.145 e. The number of unbranched alkanes of at least 4 members (excludes halogenated alkanes) is 1. The number of aromatic nitrogens is 1. The molecule has 1 heterocycles. The SMILES string of the molecule is CCCCNc1cc(C)nc2c(OC)cccc12. The highest BCUT2D eigenvalue weighted by atomic mass is 16.5. The van der Waals surface area contributed by atoms with Crippen LogP contribution in [0.3, 0.4) is 0 Å². The summed E-state index contributed by atoms with van der Waals surface area (Å²) in [5.74, 6) is 0.828. The van der Waals surface area contributed by atoms with Gasteiger partial charge >= 0.3 is 0 Å². The minimum Gasteiger partial charge on any atom is -0.494 e. The highest BCUT2D eigenvalue weighted by molar-refractivity contribution is 5.95. The van der Waals surface area contributed by atoms with Gasteiger partial charge in [0.2, 0.25) is 0 Å². The second kappa shape index (κ2) is 5.71. The Bertz CT molecular complexity index is 537. The van der Waals surface area contributed by atoms with Gasteiger partial charge in [-0.1, -0.05) is 25.5 Å². The molecule has 3 nitrogen and oxygen atoms in total. The van der Waals surface area contributed by atoms with Gasteiger partial charge in [0.25, 0.3) is 0 Å². The predicted molar refractivity (Wildman–Crippen MR) is 76.4 cm³/mol. The van der Waals surface area contributed by atoms with Crippen molar-refractivity contribution in [2.45, 2.75) is 26.7 Å². The zero-order valence-electron chi connectivity index (χ0n) is 11.3. The van der Waals surface area contributed by atoms with Crippen LogP contribution in [0.5, 0.6) is 5.75 Å². The Labute approximate surface area is 108 Å². The molecule has 96 valence electrons. The molecule has 1 aromatic carbocycles. The van der Waals surface area contributed by atoms with Crippen LogP contribution < -0.4 is 10.1 Å². The van der Waals surface area contributed by atoms with E-state index in [-0.39, 0.29) is 0 Å². The molecule has 0 spiro atoms. The summed E-state index contributed by atoms with van der Waals surface area (Å²) >= 11 is 0. The summed E-state index contributed by atoms with van der Waals surface area (Å²) in [7, 11) is 1.68. The lowest BCUT2D eigenvalue weighted by Gasteiger charge is -2.12. The van der Waals surface area contributed by atoms with Gasteiger partial charge in [-0.25, -0.2) is 4.98 Å². The van der Waals surface area contributed by atoms with Crippen LogP contribution in [-0.2, 0) is 0 Å². The van der Waals surface area contributed by atoms with Gasteiger partial charge in [0.1, 0.15) is 11.3 Å². The minimum absolute atomic E-state index is 0.828. The predicted octanol–water partition coefficient (Wildman–Crippen LogP) is 3.76. The summed E-state index contributed by atoms with van der Waals surface area (Å²) in [6.07, 6.45) is 2.37. The van der Waals surface area contributed by atoms with E-state index in [1.54, 1.807) is 7.11 Å². The summed E-state index contributed by atoms with van der Waals surface area (Å²) in [5.41, 5.74) is 3.08. The number of anilines is 1. The van der Waals surface area contributed by atoms with Crippen molar-refractivity contribution in [3.8, 4) is 5.75 Å². The fourth-order valence-corrected chi connectivity index (χ4v) is 2.06. The third-order valence-electron chi connectivity index (χ3n) is 3.00. The molecule has 0 amide bonds. The number of aryl methyl sites for hydroxylation is 1. The van der Waals surface area contributed by atoms with Crippen molar-refractivity contribution in [3.63, 3.8) is 0 Å². The molecule has 0 aliphatic rings. The zero-order chi connectivity index (χ0) is 13.0. The number of ether oxygens (including phenoxy) is 1. The van der Waals surface area contributed by atoms with Crippen molar-refractivity contribution < 1.29 is 4.74 Å². The van der Waals surface area contributed by atoms with Crippen molar-refractivity contribution in [2.24, 2.45) is 0 Å². The number of para-hydroxylation sites is 1. The number of methoxy groups -OCH3 is 1. The molecule has 18 heavy (non-hydrogen) atoms. The fourth-order valence-electron chi connectivity index (χ4n) is 2.06. The first-order chi connectivity index (χ1) is 8.76. The molecular weight excluding hydrogens is 224 g/mol. The van der Waals surface area contributed by atoms with Crippen LogP contribution in [0.1, 0.15) is 25.5 Å². The molecule has 0 bridgehead atoms. The maximum absolute atomic E-state index is 5.37. The minimum atomic E-state index is 0.828. The molecule has 0 fully saturated rings. The lowest BCUT2D eigenvalue weighted by atomic mass is 10.1. The van der Waals surface area contributed by atoms with Crippen molar-refractivity contribution >= 4 is 16.6 Å². The van der Waals surface area contributed by atoms with Crippen LogP contribution in [0.4, 0.5) is 5.69 Å². The molecule has 2 aromatic rings. The second-order valence-electron chi connectivity index (χ2n) is 4.45. The Morgan fingerprint density at radius 2 is 2.17 bits per heavy atom. The Morgan fingerprint density at radius 3 is 2.89 bits per heavy atom. The first kappa shape index (κ1) is 12.7. The number of nitrogens with zero attached hydrogens (tertiary/aromatic N) is 1. The molecule has 1 aromatic heterocycles. The van der Waals surface area contributed by atoms with Crippen molar-refractivity contribution in [1.29, 1.82) is 0 Å². The van der Waals surface area contributed by atoms with Crippen LogP contribution in [-0.4, -0.2) is 18.6 Å². The molecule has 0 radical (unpaired) electrons. The highest BCUT2D eigenvalue weighted by Crippen LogP contribution is 2.29. The van der Waals surface area contributed by atoms with Gasteiger partial charge in [0, 0.05) is 23.3 Å². The van der Waals surface area contributed by atoms with Crippen LogP contribution in [0.2, 0.25) is 0 Å². The molecule has 0 aliphatic heterocycles. The van der Waals surface area contributed by atoms with E-state index >= 15 is 0 Å². The van der Waals surface area contributed by atoms with Crippen molar-refractivity contribution in [2.75, 3.05) is 19.0 Å². The van der Waals surface area contributed by atoms with Gasteiger partial charge in [0.05, 0.1) is 7.11 Å². The average molecular weight is 244 g/mol. The monoisotopic (exact) mass is 244 g/mol. The van der Waals surface area contributed by atoms with Gasteiger partial charge in [-0.05, 0) is 25.5 Å². The molecule has 2 rings (SSSR count). The number of rotatable bonds is 5. The van der Waals surface area contributed by atoms with E-state index in [9.17, 15) is 0 Å². The van der Waals surface area contributed by atoms with E-state index in [2.05, 4.69) is 29.4 Å². The van der Waals surface area contributed by atoms with Crippen LogP contribution in [0.25, 0.3) is 10.9 Å². The molecule has 0 unspecified atom stereocenters. The van der Waals surface area contributed by atoms with Gasteiger partial charge in [0.15, 0.2) is 0 Å². The number of hydrogen-bond donors (Lipinski definition) is 1. The normalized spacial score (nSPS) is 10.6. The second-order valence-corrected chi connectivity index (χ2v) is 4.45. The summed E-state index contributed by atoms with van der Waals surface area (Å²) < 4.78 is 5.37. The Morgan fingerprint density at radius 1 is 1.33 bits per heavy atom. The smallest absolute Gasteiger partial charge is 0.145 e. The lowest BCUT2D eigenvalue weighted by Crippen LogP contribution is -2.03. The van der Waals surface area contributed by atoms with E-state index in [1.165, 1.54) is 12.8 Å².